The molecular formula is C13H21BrO4. The maximum absolute atomic E-state index is 11.7. The summed E-state index contributed by atoms with van der Waals surface area (Å²) in [5.74, 6) is 0.419. The molecular weight excluding hydrogens is 300 g/mol. The van der Waals surface area contributed by atoms with Gasteiger partial charge in [-0.2, -0.15) is 0 Å². The Bertz CT molecular complexity index is 278. The van der Waals surface area contributed by atoms with Crippen molar-refractivity contribution in [2.24, 2.45) is 11.8 Å². The van der Waals surface area contributed by atoms with Gasteiger partial charge >= 0.3 is 5.97 Å². The van der Waals surface area contributed by atoms with E-state index in [1.165, 1.54) is 0 Å². The van der Waals surface area contributed by atoms with Crippen LogP contribution in [0.3, 0.4) is 0 Å². The summed E-state index contributed by atoms with van der Waals surface area (Å²) in [6.45, 7) is 4.69. The lowest BCUT2D eigenvalue weighted by Gasteiger charge is -2.17. The first kappa shape index (κ1) is 14.3. The van der Waals surface area contributed by atoms with Gasteiger partial charge in [0, 0.05) is 17.4 Å². The van der Waals surface area contributed by atoms with E-state index in [9.17, 15) is 4.79 Å². The average molecular weight is 321 g/mol. The molecule has 18 heavy (non-hydrogen) atoms. The highest BCUT2D eigenvalue weighted by atomic mass is 79.9. The summed E-state index contributed by atoms with van der Waals surface area (Å²) in [4.78, 5) is 11.9. The molecule has 104 valence electrons. The third-order valence-corrected chi connectivity index (χ3v) is 4.58. The molecule has 2 rings (SSSR count). The summed E-state index contributed by atoms with van der Waals surface area (Å²) in [5.41, 5.74) is 0. The minimum absolute atomic E-state index is 0.0147. The number of rotatable bonds is 5. The number of alkyl halides is 1. The van der Waals surface area contributed by atoms with Gasteiger partial charge in [-0.05, 0) is 26.2 Å². The number of carbonyl (C=O) groups is 1. The molecule has 0 aromatic carbocycles. The normalized spacial score (nSPS) is 35.9. The topological polar surface area (TPSA) is 44.8 Å². The molecule has 0 bridgehead atoms. The highest BCUT2D eigenvalue weighted by Crippen LogP contribution is 2.34. The highest BCUT2D eigenvalue weighted by Gasteiger charge is 2.38. The van der Waals surface area contributed by atoms with Crippen molar-refractivity contribution in [1.29, 1.82) is 0 Å². The molecule has 0 aromatic rings. The van der Waals surface area contributed by atoms with Crippen molar-refractivity contribution in [3.8, 4) is 0 Å². The molecule has 1 saturated heterocycles. The van der Waals surface area contributed by atoms with E-state index in [0.29, 0.717) is 12.5 Å². The monoisotopic (exact) mass is 320 g/mol. The lowest BCUT2D eigenvalue weighted by atomic mass is 10.1. The Morgan fingerprint density at radius 3 is 2.94 bits per heavy atom. The third-order valence-electron chi connectivity index (χ3n) is 3.62. The van der Waals surface area contributed by atoms with Crippen molar-refractivity contribution < 1.29 is 19.0 Å². The summed E-state index contributed by atoms with van der Waals surface area (Å²) < 4.78 is 16.3. The predicted molar refractivity (Wildman–Crippen MR) is 70.7 cm³/mol. The predicted octanol–water partition coefficient (Wildman–Crippen LogP) is 2.14. The van der Waals surface area contributed by atoms with Gasteiger partial charge in [-0.3, -0.25) is 4.79 Å². The summed E-state index contributed by atoms with van der Waals surface area (Å²) in [6, 6.07) is 0. The maximum atomic E-state index is 11.7. The molecule has 0 aromatic heterocycles. The fourth-order valence-electron chi connectivity index (χ4n) is 2.55. The van der Waals surface area contributed by atoms with Crippen LogP contribution in [0.5, 0.6) is 0 Å². The fraction of sp³-hybridized carbons (Fsp3) is 0.923. The molecule has 0 amide bonds. The number of hydrogen-bond donors (Lipinski definition) is 0. The molecule has 1 aliphatic heterocycles. The number of esters is 1. The summed E-state index contributed by atoms with van der Waals surface area (Å²) >= 11 is 3.61. The van der Waals surface area contributed by atoms with Gasteiger partial charge in [-0.1, -0.05) is 15.9 Å². The fourth-order valence-corrected chi connectivity index (χ4v) is 3.37. The maximum Gasteiger partial charge on any atom is 0.309 e. The van der Waals surface area contributed by atoms with Crippen molar-refractivity contribution in [2.75, 3.05) is 26.4 Å². The highest BCUT2D eigenvalue weighted by molar-refractivity contribution is 9.09. The molecule has 0 N–H and O–H groups in total. The smallest absolute Gasteiger partial charge is 0.309 e. The Kier molecular flexibility index (Phi) is 5.45. The van der Waals surface area contributed by atoms with Crippen LogP contribution in [0, 0.1) is 11.8 Å². The van der Waals surface area contributed by atoms with Crippen LogP contribution in [0.25, 0.3) is 0 Å². The SMILES string of the molecule is CCOC(=O)C1CC(Br)C(OCC2CCOC2)C1. The zero-order valence-corrected chi connectivity index (χ0v) is 12.4. The lowest BCUT2D eigenvalue weighted by Crippen LogP contribution is -2.22. The Hall–Kier alpha value is -0.130. The van der Waals surface area contributed by atoms with E-state index >= 15 is 0 Å². The van der Waals surface area contributed by atoms with Crippen LogP contribution in [-0.4, -0.2) is 43.3 Å². The Balaban J connectivity index is 1.74. The van der Waals surface area contributed by atoms with E-state index in [2.05, 4.69) is 15.9 Å². The Labute approximate surface area is 116 Å². The van der Waals surface area contributed by atoms with Gasteiger partial charge < -0.3 is 14.2 Å². The standard InChI is InChI=1S/C13H21BrO4/c1-2-17-13(15)10-5-11(14)12(6-10)18-8-9-3-4-16-7-9/h9-12H,2-8H2,1H3. The number of halogens is 1. The summed E-state index contributed by atoms with van der Waals surface area (Å²) in [7, 11) is 0. The molecule has 2 aliphatic rings. The molecule has 1 aliphatic carbocycles. The second kappa shape index (κ2) is 6.87. The second-order valence-corrected chi connectivity index (χ2v) is 6.21. The first-order valence-corrected chi connectivity index (χ1v) is 7.62. The Morgan fingerprint density at radius 1 is 1.44 bits per heavy atom. The van der Waals surface area contributed by atoms with Crippen molar-refractivity contribution in [2.45, 2.75) is 37.1 Å². The molecule has 4 nitrogen and oxygen atoms in total. The van der Waals surface area contributed by atoms with Crippen LogP contribution in [-0.2, 0) is 19.0 Å². The molecule has 4 unspecified atom stereocenters. The van der Waals surface area contributed by atoms with Gasteiger partial charge in [0.25, 0.3) is 0 Å². The van der Waals surface area contributed by atoms with E-state index in [-0.39, 0.29) is 22.8 Å². The van der Waals surface area contributed by atoms with Crippen molar-refractivity contribution in [1.82, 2.24) is 0 Å². The van der Waals surface area contributed by atoms with E-state index < -0.39 is 0 Å². The molecule has 5 heteroatoms. The summed E-state index contributed by atoms with van der Waals surface area (Å²) in [5, 5.41) is 0. The van der Waals surface area contributed by atoms with Gasteiger partial charge in [0.15, 0.2) is 0 Å². The zero-order chi connectivity index (χ0) is 13.0. The molecule has 0 spiro atoms. The van der Waals surface area contributed by atoms with Gasteiger partial charge in [0.05, 0.1) is 31.8 Å². The van der Waals surface area contributed by atoms with Gasteiger partial charge in [0.2, 0.25) is 0 Å². The van der Waals surface area contributed by atoms with Crippen LogP contribution in [0.1, 0.15) is 26.2 Å². The van der Waals surface area contributed by atoms with Crippen LogP contribution in [0.2, 0.25) is 0 Å². The van der Waals surface area contributed by atoms with Crippen LogP contribution < -0.4 is 0 Å². The van der Waals surface area contributed by atoms with E-state index in [1.807, 2.05) is 6.92 Å². The zero-order valence-electron chi connectivity index (χ0n) is 10.8. The molecule has 4 atom stereocenters. The van der Waals surface area contributed by atoms with Gasteiger partial charge in [-0.25, -0.2) is 0 Å². The molecule has 1 saturated carbocycles. The number of ether oxygens (including phenoxy) is 3. The van der Waals surface area contributed by atoms with E-state index in [1.54, 1.807) is 0 Å². The first-order valence-electron chi connectivity index (χ1n) is 6.70. The van der Waals surface area contributed by atoms with Crippen LogP contribution in [0.15, 0.2) is 0 Å². The van der Waals surface area contributed by atoms with E-state index in [0.717, 1.165) is 39.1 Å². The largest absolute Gasteiger partial charge is 0.466 e. The van der Waals surface area contributed by atoms with Crippen molar-refractivity contribution in [3.63, 3.8) is 0 Å². The van der Waals surface area contributed by atoms with Crippen LogP contribution in [0.4, 0.5) is 0 Å². The first-order chi connectivity index (χ1) is 8.70. The van der Waals surface area contributed by atoms with Crippen LogP contribution >= 0.6 is 15.9 Å². The van der Waals surface area contributed by atoms with E-state index in [4.69, 9.17) is 14.2 Å². The molecule has 1 heterocycles. The van der Waals surface area contributed by atoms with Gasteiger partial charge in [0.1, 0.15) is 0 Å². The Morgan fingerprint density at radius 2 is 2.28 bits per heavy atom. The quantitative estimate of drug-likeness (QED) is 0.575. The lowest BCUT2D eigenvalue weighted by molar-refractivity contribution is -0.148. The molecule has 2 fully saturated rings. The second-order valence-electron chi connectivity index (χ2n) is 5.04. The number of carbonyl (C=O) groups excluding carboxylic acids is 1. The third kappa shape index (κ3) is 3.68. The van der Waals surface area contributed by atoms with Gasteiger partial charge in [-0.15, -0.1) is 0 Å². The summed E-state index contributed by atoms with van der Waals surface area (Å²) in [6.07, 6.45) is 2.79. The number of hydrogen-bond acceptors (Lipinski definition) is 4. The van der Waals surface area contributed by atoms with Crippen molar-refractivity contribution >= 4 is 21.9 Å². The van der Waals surface area contributed by atoms with Crippen molar-refractivity contribution in [3.05, 3.63) is 0 Å². The average Bonchev–Trinajstić information content (AvgIpc) is 2.96. The molecule has 0 radical (unpaired) electrons. The minimum Gasteiger partial charge on any atom is -0.466 e. The minimum atomic E-state index is -0.0859.